The molecule has 2 nitrogen and oxygen atoms in total. The summed E-state index contributed by atoms with van der Waals surface area (Å²) in [6.07, 6.45) is 1.14. The fourth-order valence-electron chi connectivity index (χ4n) is 1.91. The second-order valence-corrected chi connectivity index (χ2v) is 5.69. The van der Waals surface area contributed by atoms with Crippen LogP contribution in [0.25, 0.3) is 0 Å². The van der Waals surface area contributed by atoms with Crippen molar-refractivity contribution in [2.24, 2.45) is 0 Å². The number of halogens is 2. The molecule has 0 saturated carbocycles. The highest BCUT2D eigenvalue weighted by molar-refractivity contribution is 6.35. The number of benzene rings is 2. The molecule has 0 heterocycles. The molecule has 2 aromatic carbocycles. The van der Waals surface area contributed by atoms with E-state index in [4.69, 9.17) is 27.9 Å². The van der Waals surface area contributed by atoms with Crippen molar-refractivity contribution in [2.45, 2.75) is 26.5 Å². The normalized spacial score (nSPS) is 10.6. The molecule has 1 N–H and O–H groups in total. The van der Waals surface area contributed by atoms with Crippen molar-refractivity contribution in [3.05, 3.63) is 63.6 Å². The van der Waals surface area contributed by atoms with Gasteiger partial charge in [-0.25, -0.2) is 0 Å². The van der Waals surface area contributed by atoms with E-state index in [9.17, 15) is 0 Å². The number of hydrogen-bond acceptors (Lipinski definition) is 2. The first kappa shape index (κ1) is 16.2. The molecule has 21 heavy (non-hydrogen) atoms. The maximum Gasteiger partial charge on any atom is 0.119 e. The fourth-order valence-corrected chi connectivity index (χ4v) is 2.38. The van der Waals surface area contributed by atoms with Crippen LogP contribution in [0.5, 0.6) is 5.75 Å². The molecular formula is C17H19Cl2NO. The second kappa shape index (κ2) is 8.28. The summed E-state index contributed by atoms with van der Waals surface area (Å²) in [7, 11) is 0. The van der Waals surface area contributed by atoms with E-state index in [0.29, 0.717) is 16.7 Å². The Morgan fingerprint density at radius 3 is 2.48 bits per heavy atom. The van der Waals surface area contributed by atoms with Gasteiger partial charge in [0.05, 0.1) is 0 Å². The van der Waals surface area contributed by atoms with Crippen LogP contribution < -0.4 is 10.1 Å². The minimum absolute atomic E-state index is 0.434. The zero-order chi connectivity index (χ0) is 15.1. The Labute approximate surface area is 136 Å². The molecule has 0 atom stereocenters. The summed E-state index contributed by atoms with van der Waals surface area (Å²) in [5, 5.41) is 4.63. The zero-order valence-electron chi connectivity index (χ0n) is 12.0. The van der Waals surface area contributed by atoms with Crippen molar-refractivity contribution in [2.75, 3.05) is 6.54 Å². The minimum atomic E-state index is 0.434. The van der Waals surface area contributed by atoms with Gasteiger partial charge in [0.2, 0.25) is 0 Å². The molecule has 0 unspecified atom stereocenters. The molecule has 2 aromatic rings. The molecule has 0 radical (unpaired) electrons. The molecule has 0 bridgehead atoms. The Kier molecular flexibility index (Phi) is 6.37. The van der Waals surface area contributed by atoms with Gasteiger partial charge < -0.3 is 10.1 Å². The molecule has 112 valence electrons. The van der Waals surface area contributed by atoms with Crippen molar-refractivity contribution in [3.8, 4) is 5.75 Å². The Morgan fingerprint density at radius 1 is 1.05 bits per heavy atom. The topological polar surface area (TPSA) is 21.3 Å². The second-order valence-electron chi connectivity index (χ2n) is 4.85. The van der Waals surface area contributed by atoms with E-state index in [2.05, 4.69) is 24.4 Å². The summed E-state index contributed by atoms with van der Waals surface area (Å²) >= 11 is 12.0. The molecule has 0 fully saturated rings. The average Bonchev–Trinajstić information content (AvgIpc) is 2.48. The van der Waals surface area contributed by atoms with Crippen LogP contribution in [-0.4, -0.2) is 6.54 Å². The van der Waals surface area contributed by atoms with E-state index in [0.717, 1.165) is 30.8 Å². The highest BCUT2D eigenvalue weighted by atomic mass is 35.5. The number of ether oxygens (including phenoxy) is 1. The van der Waals surface area contributed by atoms with Crippen molar-refractivity contribution >= 4 is 23.2 Å². The molecule has 0 aliphatic heterocycles. The van der Waals surface area contributed by atoms with Gasteiger partial charge in [-0.1, -0.05) is 48.3 Å². The van der Waals surface area contributed by atoms with Gasteiger partial charge in [-0.3, -0.25) is 0 Å². The molecule has 0 aliphatic carbocycles. The minimum Gasteiger partial charge on any atom is -0.489 e. The van der Waals surface area contributed by atoms with Crippen LogP contribution >= 0.6 is 23.2 Å². The van der Waals surface area contributed by atoms with Gasteiger partial charge in [-0.15, -0.1) is 0 Å². The number of nitrogens with one attached hydrogen (secondary N) is 1. The predicted molar refractivity (Wildman–Crippen MR) is 89.2 cm³/mol. The van der Waals surface area contributed by atoms with Crippen molar-refractivity contribution in [1.82, 2.24) is 5.32 Å². The Hall–Kier alpha value is -1.22. The Bertz CT molecular complexity index is 570. The maximum atomic E-state index is 6.12. The lowest BCUT2D eigenvalue weighted by Gasteiger charge is -2.09. The van der Waals surface area contributed by atoms with E-state index >= 15 is 0 Å². The van der Waals surface area contributed by atoms with Gasteiger partial charge in [0.15, 0.2) is 0 Å². The van der Waals surface area contributed by atoms with E-state index in [1.165, 1.54) is 5.56 Å². The molecule has 0 aromatic heterocycles. The monoisotopic (exact) mass is 323 g/mol. The largest absolute Gasteiger partial charge is 0.489 e. The highest BCUT2D eigenvalue weighted by Gasteiger charge is 2.02. The summed E-state index contributed by atoms with van der Waals surface area (Å²) in [5.41, 5.74) is 2.18. The van der Waals surface area contributed by atoms with Gasteiger partial charge in [0, 0.05) is 22.2 Å². The van der Waals surface area contributed by atoms with E-state index in [-0.39, 0.29) is 0 Å². The molecule has 2 rings (SSSR count). The van der Waals surface area contributed by atoms with Gasteiger partial charge in [0.25, 0.3) is 0 Å². The third-order valence-corrected chi connectivity index (χ3v) is 3.68. The van der Waals surface area contributed by atoms with Gasteiger partial charge in [-0.05, 0) is 42.8 Å². The third kappa shape index (κ3) is 5.24. The molecule has 0 aliphatic rings. The molecule has 4 heteroatoms. The number of hydrogen-bond donors (Lipinski definition) is 1. The molecule has 0 saturated heterocycles. The summed E-state index contributed by atoms with van der Waals surface area (Å²) in [6, 6.07) is 13.5. The summed E-state index contributed by atoms with van der Waals surface area (Å²) < 4.78 is 5.75. The fraction of sp³-hybridized carbons (Fsp3) is 0.294. The van der Waals surface area contributed by atoms with Crippen LogP contribution in [0.4, 0.5) is 0 Å². The average molecular weight is 324 g/mol. The van der Waals surface area contributed by atoms with Crippen molar-refractivity contribution in [3.63, 3.8) is 0 Å². The van der Waals surface area contributed by atoms with Crippen LogP contribution in [0.15, 0.2) is 42.5 Å². The SMILES string of the molecule is CCCNCc1ccc(OCc2ccc(Cl)cc2Cl)cc1. The summed E-state index contributed by atoms with van der Waals surface area (Å²) in [5.74, 6) is 0.834. The van der Waals surface area contributed by atoms with Crippen LogP contribution in [-0.2, 0) is 13.2 Å². The third-order valence-electron chi connectivity index (χ3n) is 3.09. The van der Waals surface area contributed by atoms with Crippen LogP contribution in [0, 0.1) is 0 Å². The van der Waals surface area contributed by atoms with Crippen molar-refractivity contribution < 1.29 is 4.74 Å². The zero-order valence-corrected chi connectivity index (χ0v) is 13.5. The Morgan fingerprint density at radius 2 is 1.81 bits per heavy atom. The van der Waals surface area contributed by atoms with Crippen molar-refractivity contribution in [1.29, 1.82) is 0 Å². The maximum absolute atomic E-state index is 6.12. The van der Waals surface area contributed by atoms with Gasteiger partial charge in [-0.2, -0.15) is 0 Å². The van der Waals surface area contributed by atoms with E-state index in [1.807, 2.05) is 24.3 Å². The molecular weight excluding hydrogens is 305 g/mol. The summed E-state index contributed by atoms with van der Waals surface area (Å²) in [4.78, 5) is 0. The quantitative estimate of drug-likeness (QED) is 0.718. The molecule has 0 spiro atoms. The van der Waals surface area contributed by atoms with Crippen LogP contribution in [0.3, 0.4) is 0 Å². The highest BCUT2D eigenvalue weighted by Crippen LogP contribution is 2.22. The van der Waals surface area contributed by atoms with Crippen LogP contribution in [0.1, 0.15) is 24.5 Å². The van der Waals surface area contributed by atoms with Gasteiger partial charge >= 0.3 is 0 Å². The van der Waals surface area contributed by atoms with Gasteiger partial charge in [0.1, 0.15) is 12.4 Å². The smallest absolute Gasteiger partial charge is 0.119 e. The molecule has 0 amide bonds. The lowest BCUT2D eigenvalue weighted by molar-refractivity contribution is 0.306. The first-order valence-corrected chi connectivity index (χ1v) is 7.81. The van der Waals surface area contributed by atoms with E-state index in [1.54, 1.807) is 6.07 Å². The lowest BCUT2D eigenvalue weighted by Crippen LogP contribution is -2.13. The summed E-state index contributed by atoms with van der Waals surface area (Å²) in [6.45, 7) is 4.51. The first-order valence-electron chi connectivity index (χ1n) is 7.05. The number of rotatable bonds is 7. The Balaban J connectivity index is 1.88. The van der Waals surface area contributed by atoms with E-state index < -0.39 is 0 Å². The van der Waals surface area contributed by atoms with Crippen LogP contribution in [0.2, 0.25) is 10.0 Å². The standard InChI is InChI=1S/C17H19Cl2NO/c1-2-9-20-11-13-3-7-16(8-4-13)21-12-14-5-6-15(18)10-17(14)19/h3-8,10,20H,2,9,11-12H2,1H3. The lowest BCUT2D eigenvalue weighted by atomic mass is 10.2. The predicted octanol–water partition coefficient (Wildman–Crippen LogP) is 5.07. The first-order chi connectivity index (χ1) is 10.2.